The summed E-state index contributed by atoms with van der Waals surface area (Å²) in [7, 11) is 0. The highest BCUT2D eigenvalue weighted by atomic mass is 32.1. The Kier molecular flexibility index (Phi) is 5.98. The van der Waals surface area contributed by atoms with Crippen LogP contribution in [0.4, 0.5) is 5.69 Å². The van der Waals surface area contributed by atoms with E-state index in [1.807, 2.05) is 35.7 Å². The first-order valence-electron chi connectivity index (χ1n) is 8.30. The second-order valence-corrected chi connectivity index (χ2v) is 6.66. The molecule has 1 atom stereocenters. The Hall–Kier alpha value is -3.43. The van der Waals surface area contributed by atoms with Gasteiger partial charge in [0.05, 0.1) is 4.88 Å². The van der Waals surface area contributed by atoms with Crippen molar-refractivity contribution in [1.29, 1.82) is 0 Å². The van der Waals surface area contributed by atoms with E-state index in [9.17, 15) is 9.59 Å². The van der Waals surface area contributed by atoms with E-state index < -0.39 is 6.04 Å². The summed E-state index contributed by atoms with van der Waals surface area (Å²) in [4.78, 5) is 29.1. The highest BCUT2D eigenvalue weighted by Crippen LogP contribution is 2.11. The van der Waals surface area contributed by atoms with Crippen LogP contribution < -0.4 is 10.6 Å². The SMILES string of the molecule is CC(NC(=O)c1cccs1)C(=O)Nc1cccc(C#Cc2ccccn2)c1. The van der Waals surface area contributed by atoms with Gasteiger partial charge in [-0.15, -0.1) is 11.3 Å². The van der Waals surface area contributed by atoms with E-state index in [-0.39, 0.29) is 11.8 Å². The number of benzene rings is 1. The van der Waals surface area contributed by atoms with E-state index in [1.54, 1.807) is 37.4 Å². The molecule has 0 saturated heterocycles. The van der Waals surface area contributed by atoms with Crippen molar-refractivity contribution < 1.29 is 9.59 Å². The molecule has 6 heteroatoms. The van der Waals surface area contributed by atoms with Gasteiger partial charge in [0.15, 0.2) is 0 Å². The maximum atomic E-state index is 12.3. The van der Waals surface area contributed by atoms with Crippen molar-refractivity contribution in [3.05, 3.63) is 82.3 Å². The molecule has 0 spiro atoms. The van der Waals surface area contributed by atoms with Gasteiger partial charge in [-0.25, -0.2) is 4.98 Å². The zero-order valence-electron chi connectivity index (χ0n) is 14.6. The van der Waals surface area contributed by atoms with Crippen molar-refractivity contribution in [1.82, 2.24) is 10.3 Å². The predicted octanol–water partition coefficient (Wildman–Crippen LogP) is 3.30. The maximum absolute atomic E-state index is 12.3. The van der Waals surface area contributed by atoms with Crippen LogP contribution in [0, 0.1) is 11.8 Å². The van der Waals surface area contributed by atoms with E-state index in [1.165, 1.54) is 11.3 Å². The van der Waals surface area contributed by atoms with E-state index in [0.29, 0.717) is 16.3 Å². The second-order valence-electron chi connectivity index (χ2n) is 5.71. The minimum atomic E-state index is -0.664. The molecule has 2 amide bonds. The zero-order chi connectivity index (χ0) is 19.1. The first-order valence-corrected chi connectivity index (χ1v) is 9.18. The van der Waals surface area contributed by atoms with Crippen LogP contribution in [0.15, 0.2) is 66.2 Å². The monoisotopic (exact) mass is 375 g/mol. The summed E-state index contributed by atoms with van der Waals surface area (Å²) in [6.07, 6.45) is 1.69. The number of hydrogen-bond donors (Lipinski definition) is 2. The highest BCUT2D eigenvalue weighted by molar-refractivity contribution is 7.12. The lowest BCUT2D eigenvalue weighted by Crippen LogP contribution is -2.41. The fraction of sp³-hybridized carbons (Fsp3) is 0.0952. The number of amides is 2. The van der Waals surface area contributed by atoms with Crippen molar-refractivity contribution in [2.45, 2.75) is 13.0 Å². The van der Waals surface area contributed by atoms with E-state index in [0.717, 1.165) is 5.56 Å². The summed E-state index contributed by atoms with van der Waals surface area (Å²) in [6.45, 7) is 1.64. The molecule has 5 nitrogen and oxygen atoms in total. The van der Waals surface area contributed by atoms with Crippen LogP contribution in [0.2, 0.25) is 0 Å². The summed E-state index contributed by atoms with van der Waals surface area (Å²) in [5.41, 5.74) is 2.05. The molecule has 0 saturated carbocycles. The summed E-state index contributed by atoms with van der Waals surface area (Å²) in [5.74, 6) is 5.44. The van der Waals surface area contributed by atoms with Crippen LogP contribution in [-0.4, -0.2) is 22.8 Å². The fourth-order valence-electron chi connectivity index (χ4n) is 2.24. The standard InChI is InChI=1S/C21H17N3O2S/c1-15(23-21(26)19-9-5-13-27-19)20(25)24-18-8-4-6-16(14-18)10-11-17-7-2-3-12-22-17/h2-9,12-15H,1H3,(H,23,26)(H,24,25). The molecule has 0 aliphatic carbocycles. The molecule has 0 aliphatic rings. The van der Waals surface area contributed by atoms with Crippen molar-refractivity contribution in [3.8, 4) is 11.8 Å². The zero-order valence-corrected chi connectivity index (χ0v) is 15.4. The lowest BCUT2D eigenvalue weighted by Gasteiger charge is -2.13. The number of carbonyl (C=O) groups is 2. The van der Waals surface area contributed by atoms with Gasteiger partial charge in [-0.1, -0.05) is 24.1 Å². The van der Waals surface area contributed by atoms with Crippen LogP contribution >= 0.6 is 11.3 Å². The molecular weight excluding hydrogens is 358 g/mol. The Bertz CT molecular complexity index is 989. The topological polar surface area (TPSA) is 71.1 Å². The molecule has 2 N–H and O–H groups in total. The average Bonchev–Trinajstić information content (AvgIpc) is 3.22. The van der Waals surface area contributed by atoms with Gasteiger partial charge in [0.1, 0.15) is 11.7 Å². The molecule has 2 heterocycles. The highest BCUT2D eigenvalue weighted by Gasteiger charge is 2.17. The van der Waals surface area contributed by atoms with Gasteiger partial charge >= 0.3 is 0 Å². The largest absolute Gasteiger partial charge is 0.340 e. The molecule has 2 aromatic heterocycles. The van der Waals surface area contributed by atoms with Gasteiger partial charge in [-0.05, 0) is 54.6 Å². The summed E-state index contributed by atoms with van der Waals surface area (Å²) in [5, 5.41) is 7.30. The van der Waals surface area contributed by atoms with Crippen molar-refractivity contribution in [2.75, 3.05) is 5.32 Å². The summed E-state index contributed by atoms with van der Waals surface area (Å²) < 4.78 is 0. The number of anilines is 1. The Balaban J connectivity index is 1.62. The van der Waals surface area contributed by atoms with Gasteiger partial charge in [0.2, 0.25) is 5.91 Å². The molecule has 3 rings (SSSR count). The van der Waals surface area contributed by atoms with E-state index >= 15 is 0 Å². The third-order valence-electron chi connectivity index (χ3n) is 3.62. The predicted molar refractivity (Wildman–Crippen MR) is 107 cm³/mol. The normalized spacial score (nSPS) is 11.0. The molecular formula is C21H17N3O2S. The number of nitrogens with one attached hydrogen (secondary N) is 2. The molecule has 1 aromatic carbocycles. The van der Waals surface area contributed by atoms with E-state index in [2.05, 4.69) is 27.5 Å². The summed E-state index contributed by atoms with van der Waals surface area (Å²) >= 11 is 1.33. The van der Waals surface area contributed by atoms with Crippen molar-refractivity contribution >= 4 is 28.8 Å². The van der Waals surface area contributed by atoms with Gasteiger partial charge in [-0.2, -0.15) is 0 Å². The third kappa shape index (κ3) is 5.27. The number of nitrogens with zero attached hydrogens (tertiary/aromatic N) is 1. The molecule has 0 bridgehead atoms. The number of aromatic nitrogens is 1. The lowest BCUT2D eigenvalue weighted by molar-refractivity contribution is -0.117. The lowest BCUT2D eigenvalue weighted by atomic mass is 10.2. The van der Waals surface area contributed by atoms with Gasteiger partial charge in [0, 0.05) is 17.4 Å². The molecule has 3 aromatic rings. The Morgan fingerprint density at radius 1 is 1.07 bits per heavy atom. The van der Waals surface area contributed by atoms with E-state index in [4.69, 9.17) is 0 Å². The van der Waals surface area contributed by atoms with Crippen LogP contribution in [0.3, 0.4) is 0 Å². The number of thiophene rings is 1. The molecule has 134 valence electrons. The van der Waals surface area contributed by atoms with Crippen LogP contribution in [0.25, 0.3) is 0 Å². The third-order valence-corrected chi connectivity index (χ3v) is 4.48. The van der Waals surface area contributed by atoms with Gasteiger partial charge < -0.3 is 10.6 Å². The fourth-order valence-corrected chi connectivity index (χ4v) is 2.87. The molecule has 0 aliphatic heterocycles. The Morgan fingerprint density at radius 3 is 2.70 bits per heavy atom. The first-order chi connectivity index (χ1) is 13.1. The number of hydrogen-bond acceptors (Lipinski definition) is 4. The molecule has 0 fully saturated rings. The second kappa shape index (κ2) is 8.79. The van der Waals surface area contributed by atoms with Gasteiger partial charge in [0.25, 0.3) is 5.91 Å². The van der Waals surface area contributed by atoms with Crippen molar-refractivity contribution in [3.63, 3.8) is 0 Å². The molecule has 1 unspecified atom stereocenters. The first kappa shape index (κ1) is 18.4. The smallest absolute Gasteiger partial charge is 0.261 e. The summed E-state index contributed by atoms with van der Waals surface area (Å²) in [6, 6.07) is 15.6. The molecule has 27 heavy (non-hydrogen) atoms. The minimum absolute atomic E-state index is 0.261. The number of pyridine rings is 1. The minimum Gasteiger partial charge on any atom is -0.340 e. The van der Waals surface area contributed by atoms with Gasteiger partial charge in [-0.3, -0.25) is 9.59 Å². The van der Waals surface area contributed by atoms with Crippen LogP contribution in [-0.2, 0) is 4.79 Å². The molecule has 0 radical (unpaired) electrons. The number of carbonyl (C=O) groups excluding carboxylic acids is 2. The quantitative estimate of drug-likeness (QED) is 0.688. The number of rotatable bonds is 4. The van der Waals surface area contributed by atoms with Crippen molar-refractivity contribution in [2.24, 2.45) is 0 Å². The maximum Gasteiger partial charge on any atom is 0.261 e. The Labute approximate surface area is 161 Å². The average molecular weight is 375 g/mol. The van der Waals surface area contributed by atoms with Crippen LogP contribution in [0.5, 0.6) is 0 Å². The van der Waals surface area contributed by atoms with Crippen LogP contribution in [0.1, 0.15) is 27.9 Å². The Morgan fingerprint density at radius 2 is 1.96 bits per heavy atom.